The molecule has 50 heavy (non-hydrogen) atoms. The minimum atomic E-state index is -1.51. The largest absolute Gasteiger partial charge is 0.446 e. The highest BCUT2D eigenvalue weighted by Crippen LogP contribution is 2.20. The lowest BCUT2D eigenvalue weighted by molar-refractivity contribution is -0.131. The summed E-state index contributed by atoms with van der Waals surface area (Å²) in [5, 5.41) is 24.2. The van der Waals surface area contributed by atoms with Gasteiger partial charge in [0.05, 0.1) is 12.6 Å². The van der Waals surface area contributed by atoms with E-state index in [1.807, 2.05) is 6.07 Å². The van der Waals surface area contributed by atoms with E-state index >= 15 is 0 Å². The summed E-state index contributed by atoms with van der Waals surface area (Å²) in [6.45, 7) is 1.92. The second-order valence-electron chi connectivity index (χ2n) is 11.6. The highest BCUT2D eigenvalue weighted by Gasteiger charge is 2.31. The first kappa shape index (κ1) is 35.3. The van der Waals surface area contributed by atoms with Crippen LogP contribution in [0.25, 0.3) is 0 Å². The number of oxazole rings is 1. The summed E-state index contributed by atoms with van der Waals surface area (Å²) in [4.78, 5) is 71.2. The topological polar surface area (TPSA) is 209 Å². The van der Waals surface area contributed by atoms with Crippen molar-refractivity contribution in [1.29, 1.82) is 0 Å². The second kappa shape index (κ2) is 15.5. The van der Waals surface area contributed by atoms with E-state index in [1.54, 1.807) is 24.3 Å². The van der Waals surface area contributed by atoms with Gasteiger partial charge in [-0.2, -0.15) is 0 Å². The highest BCUT2D eigenvalue weighted by molar-refractivity contribution is 5.97. The van der Waals surface area contributed by atoms with Crippen molar-refractivity contribution in [2.45, 2.75) is 51.0 Å². The number of hydrogen-bond acceptors (Lipinski definition) is 10. The van der Waals surface area contributed by atoms with Crippen LogP contribution < -0.4 is 21.3 Å². The van der Waals surface area contributed by atoms with Gasteiger partial charge in [-0.3, -0.25) is 24.0 Å². The summed E-state index contributed by atoms with van der Waals surface area (Å²) in [6.07, 6.45) is -0.201. The molecule has 1 aliphatic heterocycles. The minimum absolute atomic E-state index is 0.0251. The van der Waals surface area contributed by atoms with Crippen LogP contribution in [0.5, 0.6) is 0 Å². The standard InChI is InChI=1S/C33H33F2N7O8/c1-17-28(44)36-8-9-42(33(48)20-11-21(34)13-22(35)12-20)15-23-14-24(41-50-23)29(45)38-25(10-19-6-4-3-5-7-19)32-39-26(16-49-32)30(46)40-27(18(2)43)31(47)37-17/h3-7,11-14,16-18,25,27,43H,8-10,15H2,1-2H3,(H,36,44)(H,37,47)(H,38,45)(H,40,46)/t17-,18-,25-,27+/m1/s1. The summed E-state index contributed by atoms with van der Waals surface area (Å²) < 4.78 is 38.9. The van der Waals surface area contributed by atoms with Gasteiger partial charge < -0.3 is 40.2 Å². The molecule has 2 aromatic heterocycles. The van der Waals surface area contributed by atoms with Crippen molar-refractivity contribution in [2.75, 3.05) is 13.1 Å². The van der Waals surface area contributed by atoms with Gasteiger partial charge >= 0.3 is 0 Å². The first-order chi connectivity index (χ1) is 23.9. The molecule has 15 nitrogen and oxygen atoms in total. The predicted molar refractivity (Wildman–Crippen MR) is 168 cm³/mol. The average Bonchev–Trinajstić information content (AvgIpc) is 3.76. The number of hydrogen-bond donors (Lipinski definition) is 5. The van der Waals surface area contributed by atoms with Crippen LogP contribution >= 0.6 is 0 Å². The Kier molecular flexibility index (Phi) is 11.0. The number of halogens is 2. The van der Waals surface area contributed by atoms with Gasteiger partial charge in [-0.1, -0.05) is 35.5 Å². The zero-order valence-corrected chi connectivity index (χ0v) is 26.8. The van der Waals surface area contributed by atoms with Gasteiger partial charge in [0.25, 0.3) is 17.7 Å². The van der Waals surface area contributed by atoms with Crippen molar-refractivity contribution in [3.05, 3.63) is 107 Å². The molecule has 0 unspecified atom stereocenters. The van der Waals surface area contributed by atoms with Gasteiger partial charge in [0, 0.05) is 37.2 Å². The number of aliphatic hydroxyl groups is 1. The molecule has 262 valence electrons. The molecule has 0 fully saturated rings. The van der Waals surface area contributed by atoms with Crippen LogP contribution in [0.15, 0.2) is 69.8 Å². The lowest BCUT2D eigenvalue weighted by Gasteiger charge is -2.24. The monoisotopic (exact) mass is 693 g/mol. The Morgan fingerprint density at radius 3 is 2.38 bits per heavy atom. The fraction of sp³-hybridized carbons (Fsp3) is 0.303. The van der Waals surface area contributed by atoms with Crippen LogP contribution in [0.2, 0.25) is 0 Å². The molecule has 4 atom stereocenters. The Hall–Kier alpha value is -5.97. The fourth-order valence-corrected chi connectivity index (χ4v) is 5.09. The zero-order valence-electron chi connectivity index (χ0n) is 26.8. The minimum Gasteiger partial charge on any atom is -0.446 e. The number of rotatable bonds is 4. The number of benzene rings is 2. The van der Waals surface area contributed by atoms with Crippen molar-refractivity contribution in [2.24, 2.45) is 0 Å². The highest BCUT2D eigenvalue weighted by atomic mass is 19.1. The second-order valence-corrected chi connectivity index (χ2v) is 11.6. The summed E-state index contributed by atoms with van der Waals surface area (Å²) in [5.41, 5.74) is 0.00966. The van der Waals surface area contributed by atoms with Gasteiger partial charge in [0.2, 0.25) is 17.7 Å². The molecule has 3 heterocycles. The molecule has 0 spiro atoms. The Morgan fingerprint density at radius 2 is 1.68 bits per heavy atom. The number of nitrogens with one attached hydrogen (secondary N) is 4. The molecule has 5 N–H and O–H groups in total. The third-order valence-electron chi connectivity index (χ3n) is 7.66. The number of carbonyl (C=O) groups excluding carboxylic acids is 5. The van der Waals surface area contributed by atoms with Crippen LogP contribution in [-0.2, 0) is 22.6 Å². The summed E-state index contributed by atoms with van der Waals surface area (Å²) in [5.74, 6) is -6.00. The maximum atomic E-state index is 14.0. The zero-order chi connectivity index (χ0) is 35.9. The first-order valence-electron chi connectivity index (χ1n) is 15.5. The lowest BCUT2D eigenvalue weighted by Crippen LogP contribution is -2.56. The van der Waals surface area contributed by atoms with Crippen molar-refractivity contribution < 1.29 is 46.8 Å². The average molecular weight is 694 g/mol. The van der Waals surface area contributed by atoms with E-state index in [-0.39, 0.29) is 54.7 Å². The Morgan fingerprint density at radius 1 is 0.980 bits per heavy atom. The quantitative estimate of drug-likeness (QED) is 0.208. The van der Waals surface area contributed by atoms with E-state index in [0.29, 0.717) is 6.07 Å². The van der Waals surface area contributed by atoms with Crippen molar-refractivity contribution >= 4 is 29.5 Å². The number of aromatic nitrogens is 2. The molecular formula is C33H33F2N7O8. The van der Waals surface area contributed by atoms with Crippen LogP contribution in [0.1, 0.15) is 68.4 Å². The summed E-state index contributed by atoms with van der Waals surface area (Å²) in [7, 11) is 0. The van der Waals surface area contributed by atoms with Gasteiger partial charge in [-0.05, 0) is 31.5 Å². The Labute approximate surface area is 283 Å². The smallest absolute Gasteiger partial charge is 0.274 e. The molecule has 17 heteroatoms. The van der Waals surface area contributed by atoms with Crippen LogP contribution in [0, 0.1) is 11.6 Å². The van der Waals surface area contributed by atoms with Crippen molar-refractivity contribution in [3.8, 4) is 0 Å². The van der Waals surface area contributed by atoms with Crippen molar-refractivity contribution in [3.63, 3.8) is 0 Å². The van der Waals surface area contributed by atoms with E-state index in [2.05, 4.69) is 31.4 Å². The normalized spacial score (nSPS) is 20.1. The third kappa shape index (κ3) is 8.73. The van der Waals surface area contributed by atoms with E-state index in [0.717, 1.165) is 28.9 Å². The summed E-state index contributed by atoms with van der Waals surface area (Å²) >= 11 is 0. The molecule has 1 aliphatic rings. The SMILES string of the molecule is C[C@H]1NC(=O)[C@H]([C@@H](C)O)NC(=O)c2coc(n2)[C@@H](Cc2ccccc2)NC(=O)c2cc(on2)CN(C(=O)c2cc(F)cc(F)c2)CCNC1=O. The molecule has 5 rings (SSSR count). The lowest BCUT2D eigenvalue weighted by atomic mass is 10.1. The Bertz CT molecular complexity index is 1860. The first-order valence-corrected chi connectivity index (χ1v) is 15.5. The molecule has 0 aliphatic carbocycles. The molecule has 2 aromatic carbocycles. The predicted octanol–water partition coefficient (Wildman–Crippen LogP) is 1.41. The molecule has 4 bridgehead atoms. The molecule has 0 saturated heterocycles. The number of amides is 5. The van der Waals surface area contributed by atoms with Gasteiger partial charge in [-0.25, -0.2) is 13.8 Å². The maximum absolute atomic E-state index is 14.0. The third-order valence-corrected chi connectivity index (χ3v) is 7.66. The molecular weight excluding hydrogens is 660 g/mol. The van der Waals surface area contributed by atoms with E-state index in [1.165, 1.54) is 19.9 Å². The molecule has 4 aromatic rings. The Balaban J connectivity index is 1.48. The van der Waals surface area contributed by atoms with E-state index in [9.17, 15) is 37.9 Å². The van der Waals surface area contributed by atoms with Gasteiger partial charge in [0.1, 0.15) is 36.0 Å². The van der Waals surface area contributed by atoms with Crippen LogP contribution in [-0.4, -0.2) is 81.0 Å². The van der Waals surface area contributed by atoms with Gasteiger partial charge in [-0.15, -0.1) is 0 Å². The van der Waals surface area contributed by atoms with Crippen LogP contribution in [0.4, 0.5) is 8.78 Å². The number of aliphatic hydroxyl groups excluding tert-OH is 1. The summed E-state index contributed by atoms with van der Waals surface area (Å²) in [6, 6.07) is 8.96. The van der Waals surface area contributed by atoms with Crippen LogP contribution in [0.3, 0.4) is 0 Å². The molecule has 0 saturated carbocycles. The fourth-order valence-electron chi connectivity index (χ4n) is 5.09. The van der Waals surface area contributed by atoms with Gasteiger partial charge in [0.15, 0.2) is 17.1 Å². The van der Waals surface area contributed by atoms with E-state index < -0.39 is 65.4 Å². The number of fused-ring (bicyclic) bond motifs is 4. The number of nitrogens with zero attached hydrogens (tertiary/aromatic N) is 3. The van der Waals surface area contributed by atoms with Crippen molar-refractivity contribution in [1.82, 2.24) is 36.3 Å². The van der Waals surface area contributed by atoms with E-state index in [4.69, 9.17) is 8.94 Å². The maximum Gasteiger partial charge on any atom is 0.274 e. The molecule has 5 amide bonds. The molecule has 0 radical (unpaired) electrons. The number of carbonyl (C=O) groups is 5.